The second-order valence-electron chi connectivity index (χ2n) is 9.30. The topological polar surface area (TPSA) is 52.7 Å². The van der Waals surface area contributed by atoms with E-state index in [4.69, 9.17) is 0 Å². The largest absolute Gasteiger partial charge is 0.345 e. The number of nitrogens with zero attached hydrogens (tertiary/aromatic N) is 2. The van der Waals surface area contributed by atoms with Gasteiger partial charge in [-0.3, -0.25) is 14.5 Å². The molecule has 0 saturated carbocycles. The summed E-state index contributed by atoms with van der Waals surface area (Å²) in [6, 6.07) is 11.7. The van der Waals surface area contributed by atoms with Gasteiger partial charge < -0.3 is 10.2 Å². The predicted octanol–water partition coefficient (Wildman–Crippen LogP) is 2.85. The molecule has 0 spiro atoms. The quantitative estimate of drug-likeness (QED) is 0.831. The van der Waals surface area contributed by atoms with Crippen LogP contribution in [0.2, 0.25) is 0 Å². The van der Waals surface area contributed by atoms with E-state index in [2.05, 4.69) is 45.4 Å². The van der Waals surface area contributed by atoms with Gasteiger partial charge in [0.25, 0.3) is 0 Å². The Bertz CT molecular complexity index is 722. The maximum atomic E-state index is 13.1. The molecule has 5 heteroatoms. The summed E-state index contributed by atoms with van der Waals surface area (Å²) in [5.74, 6) is 1.12. The summed E-state index contributed by atoms with van der Waals surface area (Å²) in [5, 5.41) is 2.84. The zero-order valence-electron chi connectivity index (χ0n) is 17.8. The molecule has 3 heterocycles. The average molecular weight is 398 g/mol. The van der Waals surface area contributed by atoms with E-state index in [1.54, 1.807) is 0 Å². The van der Waals surface area contributed by atoms with Crippen molar-refractivity contribution in [1.29, 1.82) is 0 Å². The molecule has 2 amide bonds. The highest BCUT2D eigenvalue weighted by Crippen LogP contribution is 2.40. The highest BCUT2D eigenvalue weighted by Gasteiger charge is 2.45. The van der Waals surface area contributed by atoms with Crippen molar-refractivity contribution in [3.8, 4) is 0 Å². The van der Waals surface area contributed by atoms with Crippen LogP contribution in [0.4, 0.5) is 0 Å². The van der Waals surface area contributed by atoms with Gasteiger partial charge in [-0.05, 0) is 49.5 Å². The van der Waals surface area contributed by atoms with Gasteiger partial charge in [-0.25, -0.2) is 0 Å². The molecule has 158 valence electrons. The van der Waals surface area contributed by atoms with E-state index >= 15 is 0 Å². The molecule has 3 aliphatic rings. The van der Waals surface area contributed by atoms with Gasteiger partial charge in [-0.15, -0.1) is 0 Å². The van der Waals surface area contributed by atoms with E-state index in [9.17, 15) is 9.59 Å². The molecule has 0 unspecified atom stereocenters. The molecule has 0 aromatic heterocycles. The first kappa shape index (κ1) is 20.4. The highest BCUT2D eigenvalue weighted by molar-refractivity contribution is 5.86. The van der Waals surface area contributed by atoms with Crippen molar-refractivity contribution in [2.75, 3.05) is 19.6 Å². The number of benzene rings is 1. The van der Waals surface area contributed by atoms with E-state index < -0.39 is 0 Å². The van der Waals surface area contributed by atoms with Crippen LogP contribution < -0.4 is 5.32 Å². The van der Waals surface area contributed by atoms with E-state index in [-0.39, 0.29) is 17.9 Å². The number of nitrogens with one attached hydrogen (secondary N) is 1. The lowest BCUT2D eigenvalue weighted by Crippen LogP contribution is -2.63. The number of likely N-dealkylation sites (tertiary alicyclic amines) is 1. The first-order valence-electron chi connectivity index (χ1n) is 11.4. The maximum absolute atomic E-state index is 13.1. The second kappa shape index (κ2) is 8.86. The normalized spacial score (nSPS) is 30.3. The molecule has 1 aromatic carbocycles. The van der Waals surface area contributed by atoms with Crippen LogP contribution in [0.25, 0.3) is 0 Å². The Labute approximate surface area is 174 Å². The van der Waals surface area contributed by atoms with E-state index in [0.717, 1.165) is 26.1 Å². The maximum Gasteiger partial charge on any atom is 0.245 e. The van der Waals surface area contributed by atoms with Gasteiger partial charge in [-0.2, -0.15) is 0 Å². The first-order chi connectivity index (χ1) is 14.0. The molecule has 0 aliphatic carbocycles. The van der Waals surface area contributed by atoms with Crippen LogP contribution in [0.15, 0.2) is 30.3 Å². The van der Waals surface area contributed by atoms with Gasteiger partial charge in [0.1, 0.15) is 6.04 Å². The summed E-state index contributed by atoms with van der Waals surface area (Å²) in [6.07, 6.45) is 6.87. The zero-order valence-corrected chi connectivity index (χ0v) is 17.8. The summed E-state index contributed by atoms with van der Waals surface area (Å²) in [7, 11) is 0. The van der Waals surface area contributed by atoms with Crippen LogP contribution >= 0.6 is 0 Å². The average Bonchev–Trinajstić information content (AvgIpc) is 2.72. The zero-order chi connectivity index (χ0) is 20.4. The third kappa shape index (κ3) is 4.50. The molecule has 5 nitrogen and oxygen atoms in total. The fraction of sp³-hybridized carbons (Fsp3) is 0.667. The Morgan fingerprint density at radius 2 is 1.93 bits per heavy atom. The summed E-state index contributed by atoms with van der Waals surface area (Å²) in [4.78, 5) is 29.4. The molecule has 3 aliphatic heterocycles. The smallest absolute Gasteiger partial charge is 0.245 e. The minimum Gasteiger partial charge on any atom is -0.345 e. The molecular weight excluding hydrogens is 362 g/mol. The Hall–Kier alpha value is -1.88. The lowest BCUT2D eigenvalue weighted by Gasteiger charge is -2.55. The van der Waals surface area contributed by atoms with Crippen LogP contribution in [-0.2, 0) is 16.0 Å². The summed E-state index contributed by atoms with van der Waals surface area (Å²) < 4.78 is 0. The summed E-state index contributed by atoms with van der Waals surface area (Å²) >= 11 is 0. The Morgan fingerprint density at radius 3 is 2.66 bits per heavy atom. The third-order valence-corrected chi connectivity index (χ3v) is 7.22. The van der Waals surface area contributed by atoms with Gasteiger partial charge in [0.05, 0.1) is 0 Å². The van der Waals surface area contributed by atoms with Crippen molar-refractivity contribution in [3.05, 3.63) is 35.9 Å². The lowest BCUT2D eigenvalue weighted by molar-refractivity contribution is -0.143. The second-order valence-corrected chi connectivity index (χ2v) is 9.30. The molecule has 1 N–H and O–H groups in total. The van der Waals surface area contributed by atoms with Crippen molar-refractivity contribution < 1.29 is 9.59 Å². The van der Waals surface area contributed by atoms with Gasteiger partial charge in [0.2, 0.25) is 11.8 Å². The summed E-state index contributed by atoms with van der Waals surface area (Å²) in [5.41, 5.74) is 1.44. The molecule has 5 atom stereocenters. The van der Waals surface area contributed by atoms with Gasteiger partial charge in [-0.1, -0.05) is 43.7 Å². The minimum atomic E-state index is -0.375. The molecule has 3 fully saturated rings. The number of carbonyl (C=O) groups is 2. The van der Waals surface area contributed by atoms with Crippen LogP contribution in [-0.4, -0.2) is 59.4 Å². The monoisotopic (exact) mass is 397 g/mol. The van der Waals surface area contributed by atoms with E-state index in [1.807, 2.05) is 6.92 Å². The molecule has 4 rings (SSSR count). The third-order valence-electron chi connectivity index (χ3n) is 7.22. The molecule has 2 bridgehead atoms. The van der Waals surface area contributed by atoms with Crippen molar-refractivity contribution >= 4 is 11.8 Å². The number of fused-ring (bicyclic) bond motifs is 4. The predicted molar refractivity (Wildman–Crippen MR) is 114 cm³/mol. The van der Waals surface area contributed by atoms with Gasteiger partial charge in [0.15, 0.2) is 0 Å². The fourth-order valence-corrected chi connectivity index (χ4v) is 6.00. The molecule has 0 radical (unpaired) electrons. The van der Waals surface area contributed by atoms with Crippen LogP contribution in [0.1, 0.15) is 51.5 Å². The number of hydrogen-bond donors (Lipinski definition) is 1. The summed E-state index contributed by atoms with van der Waals surface area (Å²) in [6.45, 7) is 6.27. The number of amides is 2. The van der Waals surface area contributed by atoms with Crippen molar-refractivity contribution in [3.63, 3.8) is 0 Å². The van der Waals surface area contributed by atoms with E-state index in [1.165, 1.54) is 38.2 Å². The fourth-order valence-electron chi connectivity index (χ4n) is 6.00. The Morgan fingerprint density at radius 1 is 1.14 bits per heavy atom. The molecule has 29 heavy (non-hydrogen) atoms. The van der Waals surface area contributed by atoms with Crippen molar-refractivity contribution in [2.24, 2.45) is 11.8 Å². The van der Waals surface area contributed by atoms with Gasteiger partial charge in [0, 0.05) is 38.6 Å². The SMILES string of the molecule is CC[C@@H](NC(C)=O)C(=O)N1C[C@@H]2C[C@H](C1)[C@@H]1CCC[C@H](Cc3ccccc3)N1C2. The lowest BCUT2D eigenvalue weighted by atomic mass is 9.74. The van der Waals surface area contributed by atoms with Crippen molar-refractivity contribution in [2.45, 2.75) is 70.5 Å². The first-order valence-corrected chi connectivity index (χ1v) is 11.4. The molecule has 1 aromatic rings. The van der Waals surface area contributed by atoms with Crippen LogP contribution in [0, 0.1) is 11.8 Å². The van der Waals surface area contributed by atoms with Crippen LogP contribution in [0.5, 0.6) is 0 Å². The number of rotatable bonds is 5. The Balaban J connectivity index is 1.44. The standard InChI is InChI=1S/C24H35N3O2/c1-3-22(25-17(2)28)24(29)26-14-19-12-20(16-26)23-11-7-10-21(27(23)15-19)13-18-8-5-4-6-9-18/h4-6,8-9,19-23H,3,7,10-16H2,1-2H3,(H,25,28)/t19-,20+,21+,22+,23-/m0/s1. The van der Waals surface area contributed by atoms with Gasteiger partial charge >= 0.3 is 0 Å². The number of hydrogen-bond acceptors (Lipinski definition) is 3. The number of carbonyl (C=O) groups excluding carboxylic acids is 2. The van der Waals surface area contributed by atoms with Crippen LogP contribution in [0.3, 0.4) is 0 Å². The Kier molecular flexibility index (Phi) is 6.23. The van der Waals surface area contributed by atoms with E-state index in [0.29, 0.717) is 30.3 Å². The number of piperidine rings is 3. The molecule has 3 saturated heterocycles. The minimum absolute atomic E-state index is 0.113. The molecular formula is C24H35N3O2. The highest BCUT2D eigenvalue weighted by atomic mass is 16.2. The van der Waals surface area contributed by atoms with Crippen molar-refractivity contribution in [1.82, 2.24) is 15.1 Å².